The van der Waals surface area contributed by atoms with Crippen LogP contribution in [0.15, 0.2) is 24.3 Å². The van der Waals surface area contributed by atoms with Gasteiger partial charge in [-0.15, -0.1) is 0 Å². The first kappa shape index (κ1) is 10.0. The van der Waals surface area contributed by atoms with Gasteiger partial charge < -0.3 is 10.0 Å². The predicted molar refractivity (Wildman–Crippen MR) is 55.7 cm³/mol. The zero-order chi connectivity index (χ0) is 9.84. The van der Waals surface area contributed by atoms with Crippen LogP contribution in [-0.2, 0) is 0 Å². The Bertz CT molecular complexity index is 319. The molecule has 0 atom stereocenters. The van der Waals surface area contributed by atoms with E-state index in [2.05, 4.69) is 0 Å². The molecule has 0 spiro atoms. The van der Waals surface area contributed by atoms with E-state index < -0.39 is 7.12 Å². The Kier molecular flexibility index (Phi) is 3.28. The monoisotopic (exact) mass is 176 g/mol. The van der Waals surface area contributed by atoms with Gasteiger partial charge in [0.1, 0.15) is 0 Å². The van der Waals surface area contributed by atoms with E-state index >= 15 is 0 Å². The van der Waals surface area contributed by atoms with E-state index in [1.807, 2.05) is 32.1 Å². The lowest BCUT2D eigenvalue weighted by Crippen LogP contribution is -2.29. The van der Waals surface area contributed by atoms with E-state index in [1.165, 1.54) is 0 Å². The van der Waals surface area contributed by atoms with Crippen LogP contribution in [0.25, 0.3) is 6.08 Å². The molecule has 0 aliphatic rings. The van der Waals surface area contributed by atoms with Gasteiger partial charge in [0.2, 0.25) is 0 Å². The zero-order valence-electron chi connectivity index (χ0n) is 7.86. The highest BCUT2D eigenvalue weighted by Crippen LogP contribution is 2.07. The Morgan fingerprint density at radius 1 is 1.31 bits per heavy atom. The molecule has 0 aliphatic carbocycles. The summed E-state index contributed by atoms with van der Waals surface area (Å²) in [6, 6.07) is 5.37. The molecule has 3 heteroatoms. The van der Waals surface area contributed by atoms with Crippen molar-refractivity contribution in [1.29, 1.82) is 0 Å². The van der Waals surface area contributed by atoms with Gasteiger partial charge >= 0.3 is 7.12 Å². The molecule has 0 bridgehead atoms. The number of allylic oxidation sites excluding steroid dienone is 1. The molecular weight excluding hydrogens is 163 g/mol. The third-order valence-electron chi connectivity index (χ3n) is 1.94. The topological polar surface area (TPSA) is 40.5 Å². The van der Waals surface area contributed by atoms with Gasteiger partial charge in [0, 0.05) is 0 Å². The van der Waals surface area contributed by atoms with Crippen LogP contribution < -0.4 is 5.46 Å². The smallest absolute Gasteiger partial charge is 0.423 e. The minimum Gasteiger partial charge on any atom is -0.423 e. The maximum Gasteiger partial charge on any atom is 0.488 e. The summed E-state index contributed by atoms with van der Waals surface area (Å²) in [6.07, 6.45) is 3.94. The molecule has 0 unspecified atom stereocenters. The van der Waals surface area contributed by atoms with Crippen LogP contribution in [0, 0.1) is 6.92 Å². The van der Waals surface area contributed by atoms with Crippen molar-refractivity contribution in [2.45, 2.75) is 13.8 Å². The minimum atomic E-state index is -1.38. The Morgan fingerprint density at radius 2 is 2.00 bits per heavy atom. The van der Waals surface area contributed by atoms with Crippen molar-refractivity contribution < 1.29 is 10.0 Å². The summed E-state index contributed by atoms with van der Waals surface area (Å²) in [4.78, 5) is 0. The quantitative estimate of drug-likeness (QED) is 0.651. The molecule has 0 amide bonds. The molecule has 0 aliphatic heterocycles. The van der Waals surface area contributed by atoms with Gasteiger partial charge in [-0.1, -0.05) is 30.4 Å². The van der Waals surface area contributed by atoms with E-state index in [-0.39, 0.29) is 0 Å². The van der Waals surface area contributed by atoms with E-state index in [0.717, 1.165) is 11.1 Å². The number of hydrogen-bond acceptors (Lipinski definition) is 2. The molecule has 13 heavy (non-hydrogen) atoms. The molecule has 2 nitrogen and oxygen atoms in total. The highest BCUT2D eigenvalue weighted by Gasteiger charge is 2.10. The van der Waals surface area contributed by atoms with E-state index in [1.54, 1.807) is 12.1 Å². The molecule has 68 valence electrons. The summed E-state index contributed by atoms with van der Waals surface area (Å²) in [5.74, 6) is 0. The average Bonchev–Trinajstić information content (AvgIpc) is 2.08. The first-order valence-electron chi connectivity index (χ1n) is 4.24. The number of hydrogen-bond donors (Lipinski definition) is 2. The second-order valence-corrected chi connectivity index (χ2v) is 2.99. The van der Waals surface area contributed by atoms with Crippen LogP contribution in [0.3, 0.4) is 0 Å². The first-order chi connectivity index (χ1) is 6.15. The molecule has 0 radical (unpaired) electrons. The van der Waals surface area contributed by atoms with Crippen molar-refractivity contribution in [2.24, 2.45) is 0 Å². The summed E-state index contributed by atoms with van der Waals surface area (Å²) in [5, 5.41) is 17.8. The van der Waals surface area contributed by atoms with Crippen molar-refractivity contribution in [3.05, 3.63) is 35.4 Å². The van der Waals surface area contributed by atoms with Crippen LogP contribution in [0.4, 0.5) is 0 Å². The maximum absolute atomic E-state index is 8.91. The van der Waals surface area contributed by atoms with Gasteiger partial charge in [0.25, 0.3) is 0 Å². The number of rotatable bonds is 2. The van der Waals surface area contributed by atoms with Crippen molar-refractivity contribution >= 4 is 18.7 Å². The Balaban J connectivity index is 3.05. The molecule has 2 N–H and O–H groups in total. The Morgan fingerprint density at radius 3 is 2.46 bits per heavy atom. The third-order valence-corrected chi connectivity index (χ3v) is 1.94. The van der Waals surface area contributed by atoms with Crippen LogP contribution in [-0.4, -0.2) is 17.2 Å². The summed E-state index contributed by atoms with van der Waals surface area (Å²) >= 11 is 0. The van der Waals surface area contributed by atoms with Crippen LogP contribution in [0.5, 0.6) is 0 Å². The van der Waals surface area contributed by atoms with Gasteiger partial charge in [0.05, 0.1) is 0 Å². The van der Waals surface area contributed by atoms with Crippen LogP contribution >= 0.6 is 0 Å². The molecule has 1 aromatic rings. The molecule has 0 fully saturated rings. The zero-order valence-corrected chi connectivity index (χ0v) is 7.86. The van der Waals surface area contributed by atoms with Crippen molar-refractivity contribution in [2.75, 3.05) is 0 Å². The maximum atomic E-state index is 8.91. The average molecular weight is 176 g/mol. The summed E-state index contributed by atoms with van der Waals surface area (Å²) in [5.41, 5.74) is 2.68. The van der Waals surface area contributed by atoms with E-state index in [0.29, 0.717) is 5.46 Å². The Hall–Kier alpha value is -1.06. The van der Waals surface area contributed by atoms with Crippen molar-refractivity contribution in [3.63, 3.8) is 0 Å². The van der Waals surface area contributed by atoms with Gasteiger partial charge in [-0.25, -0.2) is 0 Å². The molecule has 0 saturated heterocycles. The highest BCUT2D eigenvalue weighted by atomic mass is 16.4. The number of aryl methyl sites for hydroxylation is 1. The first-order valence-corrected chi connectivity index (χ1v) is 4.24. The molecule has 1 rings (SSSR count). The van der Waals surface area contributed by atoms with Gasteiger partial charge in [-0.3, -0.25) is 0 Å². The normalized spacial score (nSPS) is 10.8. The lowest BCUT2D eigenvalue weighted by molar-refractivity contribution is 0.425. The summed E-state index contributed by atoms with van der Waals surface area (Å²) in [6.45, 7) is 3.90. The lowest BCUT2D eigenvalue weighted by Gasteiger charge is -2.03. The fourth-order valence-electron chi connectivity index (χ4n) is 1.23. The fourth-order valence-corrected chi connectivity index (χ4v) is 1.23. The van der Waals surface area contributed by atoms with Crippen molar-refractivity contribution in [3.8, 4) is 0 Å². The van der Waals surface area contributed by atoms with Crippen LogP contribution in [0.2, 0.25) is 0 Å². The fraction of sp³-hybridized carbons (Fsp3) is 0.200. The van der Waals surface area contributed by atoms with E-state index in [4.69, 9.17) is 10.0 Å². The molecule has 0 heterocycles. The molecule has 0 aromatic heterocycles. The highest BCUT2D eigenvalue weighted by molar-refractivity contribution is 6.58. The largest absolute Gasteiger partial charge is 0.488 e. The Labute approximate surface area is 78.7 Å². The molecule has 1 aromatic carbocycles. The van der Waals surface area contributed by atoms with Gasteiger partial charge in [-0.2, -0.15) is 0 Å². The number of benzene rings is 1. The predicted octanol–water partition coefficient (Wildman–Crippen LogP) is 0.708. The standard InChI is InChI=1S/C10H13BO2/c1-3-4-9-5-6-10(11(12)13)7-8(9)2/h3-7,12-13H,1-2H3/b4-3-. The van der Waals surface area contributed by atoms with Crippen LogP contribution in [0.1, 0.15) is 18.1 Å². The second-order valence-electron chi connectivity index (χ2n) is 2.99. The minimum absolute atomic E-state index is 0.533. The SMILES string of the molecule is C/C=C\c1ccc(B(O)O)cc1C. The van der Waals surface area contributed by atoms with Gasteiger partial charge in [0.15, 0.2) is 0 Å². The summed E-state index contributed by atoms with van der Waals surface area (Å²) in [7, 11) is -1.38. The lowest BCUT2D eigenvalue weighted by atomic mass is 9.79. The van der Waals surface area contributed by atoms with Crippen molar-refractivity contribution in [1.82, 2.24) is 0 Å². The molecule has 0 saturated carbocycles. The molecular formula is C10H13BO2. The van der Waals surface area contributed by atoms with E-state index in [9.17, 15) is 0 Å². The van der Waals surface area contributed by atoms with Gasteiger partial charge in [-0.05, 0) is 30.4 Å². The summed E-state index contributed by atoms with van der Waals surface area (Å²) < 4.78 is 0. The third kappa shape index (κ3) is 2.44. The second kappa shape index (κ2) is 4.26.